The van der Waals surface area contributed by atoms with E-state index in [1.165, 1.54) is 0 Å². The van der Waals surface area contributed by atoms with Gasteiger partial charge in [-0.1, -0.05) is 19.3 Å². The van der Waals surface area contributed by atoms with Gasteiger partial charge in [0.1, 0.15) is 5.76 Å². The molecule has 1 aliphatic carbocycles. The second-order valence-electron chi connectivity index (χ2n) is 5.34. The fourth-order valence-electron chi connectivity index (χ4n) is 2.78. The molecule has 1 aliphatic rings. The lowest BCUT2D eigenvalue weighted by Crippen LogP contribution is -2.51. The van der Waals surface area contributed by atoms with E-state index in [9.17, 15) is 9.59 Å². The molecule has 1 aromatic heterocycles. The number of carbonyl (C=O) groups excluding carboxylic acids is 1. The second kappa shape index (κ2) is 6.09. The van der Waals surface area contributed by atoms with Gasteiger partial charge in [-0.15, -0.1) is 0 Å². The van der Waals surface area contributed by atoms with Gasteiger partial charge in [-0.25, -0.2) is 0 Å². The zero-order valence-corrected chi connectivity index (χ0v) is 11.4. The fourth-order valence-corrected chi connectivity index (χ4v) is 2.78. The highest BCUT2D eigenvalue weighted by atomic mass is 16.4. The molecule has 6 heteroatoms. The Bertz CT molecular complexity index is 489. The Labute approximate surface area is 117 Å². The molecule has 1 saturated carbocycles. The van der Waals surface area contributed by atoms with Crippen molar-refractivity contribution in [1.29, 1.82) is 0 Å². The van der Waals surface area contributed by atoms with Crippen LogP contribution in [0, 0.1) is 0 Å². The SMILES string of the molecule is NCc1ccc(C(=O)NC2(CC(=O)O)CCCCC2)o1. The zero-order valence-electron chi connectivity index (χ0n) is 11.4. The van der Waals surface area contributed by atoms with Crippen LogP contribution in [0.25, 0.3) is 0 Å². The summed E-state index contributed by atoms with van der Waals surface area (Å²) < 4.78 is 5.30. The first-order valence-corrected chi connectivity index (χ1v) is 6.88. The molecular formula is C14H20N2O4. The normalized spacial score (nSPS) is 17.6. The topological polar surface area (TPSA) is 106 Å². The van der Waals surface area contributed by atoms with Crippen molar-refractivity contribution >= 4 is 11.9 Å². The first kappa shape index (κ1) is 14.6. The molecule has 6 nitrogen and oxygen atoms in total. The van der Waals surface area contributed by atoms with E-state index < -0.39 is 11.5 Å². The first-order valence-electron chi connectivity index (χ1n) is 6.88. The van der Waals surface area contributed by atoms with Crippen LogP contribution >= 0.6 is 0 Å². The maximum Gasteiger partial charge on any atom is 0.305 e. The molecule has 0 unspecified atom stereocenters. The summed E-state index contributed by atoms with van der Waals surface area (Å²) in [7, 11) is 0. The maximum absolute atomic E-state index is 12.2. The number of hydrogen-bond acceptors (Lipinski definition) is 4. The van der Waals surface area contributed by atoms with E-state index >= 15 is 0 Å². The smallest absolute Gasteiger partial charge is 0.305 e. The Balaban J connectivity index is 2.10. The quantitative estimate of drug-likeness (QED) is 0.760. The molecule has 0 saturated heterocycles. The van der Waals surface area contributed by atoms with Crippen molar-refractivity contribution in [1.82, 2.24) is 5.32 Å². The molecule has 110 valence electrons. The number of furan rings is 1. The molecule has 1 aromatic rings. The first-order chi connectivity index (χ1) is 9.54. The van der Waals surface area contributed by atoms with Crippen molar-refractivity contribution in [3.63, 3.8) is 0 Å². The Kier molecular flexibility index (Phi) is 4.44. The number of carboxylic acids is 1. The van der Waals surface area contributed by atoms with Gasteiger partial charge in [-0.2, -0.15) is 0 Å². The number of aliphatic carboxylic acids is 1. The number of hydrogen-bond donors (Lipinski definition) is 3. The van der Waals surface area contributed by atoms with Crippen LogP contribution in [0.2, 0.25) is 0 Å². The van der Waals surface area contributed by atoms with Crippen LogP contribution in [0.4, 0.5) is 0 Å². The third-order valence-electron chi connectivity index (χ3n) is 3.77. The molecule has 0 aromatic carbocycles. The number of amides is 1. The molecule has 1 fully saturated rings. The Morgan fingerprint density at radius 3 is 2.55 bits per heavy atom. The van der Waals surface area contributed by atoms with Gasteiger partial charge in [0.25, 0.3) is 5.91 Å². The van der Waals surface area contributed by atoms with Crippen LogP contribution in [-0.2, 0) is 11.3 Å². The van der Waals surface area contributed by atoms with Crippen LogP contribution in [-0.4, -0.2) is 22.5 Å². The Hall–Kier alpha value is -1.82. The molecule has 4 N–H and O–H groups in total. The van der Waals surface area contributed by atoms with Crippen LogP contribution in [0.5, 0.6) is 0 Å². The van der Waals surface area contributed by atoms with E-state index in [2.05, 4.69) is 5.32 Å². The minimum absolute atomic E-state index is 0.0524. The van der Waals surface area contributed by atoms with Gasteiger partial charge in [0.05, 0.1) is 18.5 Å². The minimum Gasteiger partial charge on any atom is -0.481 e. The standard InChI is InChI=1S/C14H20N2O4/c15-9-10-4-5-11(20-10)13(19)16-14(8-12(17)18)6-2-1-3-7-14/h4-5H,1-3,6-9,15H2,(H,16,19)(H,17,18). The number of rotatable bonds is 5. The van der Waals surface area contributed by atoms with Crippen LogP contribution in [0.1, 0.15) is 54.8 Å². The van der Waals surface area contributed by atoms with Crippen LogP contribution in [0.3, 0.4) is 0 Å². The molecule has 0 spiro atoms. The monoisotopic (exact) mass is 280 g/mol. The van der Waals surface area contributed by atoms with E-state index in [1.54, 1.807) is 12.1 Å². The molecule has 0 atom stereocenters. The summed E-state index contributed by atoms with van der Waals surface area (Å²) in [5.41, 5.74) is 4.78. The van der Waals surface area contributed by atoms with Crippen molar-refractivity contribution in [2.24, 2.45) is 5.73 Å². The molecule has 0 aliphatic heterocycles. The molecule has 2 rings (SSSR count). The van der Waals surface area contributed by atoms with E-state index in [4.69, 9.17) is 15.3 Å². The van der Waals surface area contributed by atoms with E-state index in [1.807, 2.05) is 0 Å². The molecule has 20 heavy (non-hydrogen) atoms. The second-order valence-corrected chi connectivity index (χ2v) is 5.34. The number of nitrogens with one attached hydrogen (secondary N) is 1. The fraction of sp³-hybridized carbons (Fsp3) is 0.571. The van der Waals surface area contributed by atoms with Gasteiger partial charge in [-0.05, 0) is 25.0 Å². The summed E-state index contributed by atoms with van der Waals surface area (Å²) >= 11 is 0. The van der Waals surface area contributed by atoms with E-state index in [-0.39, 0.29) is 24.6 Å². The van der Waals surface area contributed by atoms with Gasteiger partial charge in [0.2, 0.25) is 0 Å². The van der Waals surface area contributed by atoms with Crippen molar-refractivity contribution in [3.05, 3.63) is 23.7 Å². The number of carboxylic acid groups (broad SMARTS) is 1. The molecule has 0 radical (unpaired) electrons. The predicted molar refractivity (Wildman–Crippen MR) is 72.1 cm³/mol. The van der Waals surface area contributed by atoms with Crippen LogP contribution in [0.15, 0.2) is 16.5 Å². The van der Waals surface area contributed by atoms with Crippen molar-refractivity contribution in [3.8, 4) is 0 Å². The molecule has 1 heterocycles. The minimum atomic E-state index is -0.894. The van der Waals surface area contributed by atoms with Gasteiger partial charge < -0.3 is 20.6 Å². The highest BCUT2D eigenvalue weighted by Crippen LogP contribution is 2.31. The summed E-state index contributed by atoms with van der Waals surface area (Å²) in [6, 6.07) is 3.22. The van der Waals surface area contributed by atoms with Crippen LogP contribution < -0.4 is 11.1 Å². The van der Waals surface area contributed by atoms with E-state index in [0.29, 0.717) is 18.6 Å². The Morgan fingerprint density at radius 2 is 2.00 bits per heavy atom. The van der Waals surface area contributed by atoms with Crippen molar-refractivity contribution in [2.45, 2.75) is 50.6 Å². The lowest BCUT2D eigenvalue weighted by molar-refractivity contribution is -0.139. The average Bonchev–Trinajstić information content (AvgIpc) is 2.87. The number of carbonyl (C=O) groups is 2. The third-order valence-corrected chi connectivity index (χ3v) is 3.77. The molecule has 1 amide bonds. The summed E-state index contributed by atoms with van der Waals surface area (Å²) in [6.07, 6.45) is 4.27. The summed E-state index contributed by atoms with van der Waals surface area (Å²) in [5.74, 6) is -0.547. The third kappa shape index (κ3) is 3.39. The highest BCUT2D eigenvalue weighted by Gasteiger charge is 2.36. The lowest BCUT2D eigenvalue weighted by atomic mass is 9.79. The average molecular weight is 280 g/mol. The largest absolute Gasteiger partial charge is 0.481 e. The molecule has 0 bridgehead atoms. The van der Waals surface area contributed by atoms with E-state index in [0.717, 1.165) is 19.3 Å². The highest BCUT2D eigenvalue weighted by molar-refractivity contribution is 5.92. The summed E-state index contributed by atoms with van der Waals surface area (Å²) in [4.78, 5) is 23.2. The maximum atomic E-state index is 12.2. The lowest BCUT2D eigenvalue weighted by Gasteiger charge is -2.36. The Morgan fingerprint density at radius 1 is 1.30 bits per heavy atom. The molecular weight excluding hydrogens is 260 g/mol. The summed E-state index contributed by atoms with van der Waals surface area (Å²) in [5, 5.41) is 11.9. The van der Waals surface area contributed by atoms with Crippen molar-refractivity contribution < 1.29 is 19.1 Å². The van der Waals surface area contributed by atoms with Gasteiger partial charge in [-0.3, -0.25) is 9.59 Å². The van der Waals surface area contributed by atoms with Gasteiger partial charge in [0, 0.05) is 0 Å². The predicted octanol–water partition coefficient (Wildman–Crippen LogP) is 1.65. The zero-order chi connectivity index (χ0) is 14.6. The van der Waals surface area contributed by atoms with Gasteiger partial charge in [0.15, 0.2) is 5.76 Å². The summed E-state index contributed by atoms with van der Waals surface area (Å²) in [6.45, 7) is 0.230. The number of nitrogens with two attached hydrogens (primary N) is 1. The van der Waals surface area contributed by atoms with Crippen molar-refractivity contribution in [2.75, 3.05) is 0 Å². The van der Waals surface area contributed by atoms with Gasteiger partial charge >= 0.3 is 5.97 Å².